The number of fused-ring (bicyclic) bond motifs is 1. The van der Waals surface area contributed by atoms with Gasteiger partial charge in [-0.15, -0.1) is 0 Å². The Balaban J connectivity index is 0.00000195. The highest BCUT2D eigenvalue weighted by Gasteiger charge is 2.31. The van der Waals surface area contributed by atoms with E-state index in [1.165, 1.54) is 0 Å². The molecule has 0 bridgehead atoms. The zero-order valence-corrected chi connectivity index (χ0v) is 24.2. The Morgan fingerprint density at radius 2 is 1.95 bits per heavy atom. The number of aliphatic hydroxyl groups is 1. The van der Waals surface area contributed by atoms with Gasteiger partial charge >= 0.3 is 0 Å². The number of piperidine rings is 1. The van der Waals surface area contributed by atoms with Crippen molar-refractivity contribution in [2.75, 3.05) is 33.2 Å². The molecule has 206 valence electrons. The molecule has 5 unspecified atom stereocenters. The van der Waals surface area contributed by atoms with Gasteiger partial charge in [0.2, 0.25) is 6.35 Å². The lowest BCUT2D eigenvalue weighted by molar-refractivity contribution is -0.0543. The maximum absolute atomic E-state index is 10.9. The molecule has 3 heterocycles. The highest BCUT2D eigenvalue weighted by Crippen LogP contribution is 2.34. The maximum Gasteiger partial charge on any atom is 0.207 e. The van der Waals surface area contributed by atoms with E-state index in [4.69, 9.17) is 4.99 Å². The number of allylic oxidation sites excluding steroid dienone is 5. The summed E-state index contributed by atoms with van der Waals surface area (Å²) in [7, 11) is 1.81. The summed E-state index contributed by atoms with van der Waals surface area (Å²) in [6, 6.07) is 2.40. The van der Waals surface area contributed by atoms with Crippen LogP contribution in [0.15, 0.2) is 69.6 Å². The molecule has 0 aromatic heterocycles. The minimum absolute atomic E-state index is 0.0180. The molecule has 1 fully saturated rings. The van der Waals surface area contributed by atoms with Gasteiger partial charge in [0.05, 0.1) is 23.7 Å². The van der Waals surface area contributed by atoms with E-state index >= 15 is 0 Å². The Morgan fingerprint density at radius 3 is 2.66 bits per heavy atom. The van der Waals surface area contributed by atoms with Gasteiger partial charge in [-0.1, -0.05) is 59.8 Å². The summed E-state index contributed by atoms with van der Waals surface area (Å²) in [6.07, 6.45) is 18.4. The van der Waals surface area contributed by atoms with Gasteiger partial charge < -0.3 is 19.8 Å². The smallest absolute Gasteiger partial charge is 0.207 e. The number of hydrogen-bond acceptors (Lipinski definition) is 7. The third kappa shape index (κ3) is 7.55. The first-order chi connectivity index (χ1) is 18.1. The van der Waals surface area contributed by atoms with Crippen molar-refractivity contribution in [3.63, 3.8) is 0 Å². The number of aliphatic imine (C=N–C) groups is 2. The maximum atomic E-state index is 10.9. The van der Waals surface area contributed by atoms with Gasteiger partial charge in [0.1, 0.15) is 0 Å². The second-order valence-electron chi connectivity index (χ2n) is 11.7. The van der Waals surface area contributed by atoms with Crippen LogP contribution in [0, 0.1) is 40.4 Å². The minimum Gasteiger partial charge on any atom is -0.356 e. The molecule has 0 spiro atoms. The first-order valence-electron chi connectivity index (χ1n) is 14.0. The van der Waals surface area contributed by atoms with Crippen molar-refractivity contribution >= 4 is 12.6 Å². The average Bonchev–Trinajstić information content (AvgIpc) is 2.96. The molecule has 7 heteroatoms. The molecule has 1 saturated heterocycles. The Labute approximate surface area is 229 Å². The fourth-order valence-electron chi connectivity index (χ4n) is 5.38. The van der Waals surface area contributed by atoms with E-state index in [1.807, 2.05) is 50.3 Å². The summed E-state index contributed by atoms with van der Waals surface area (Å²) >= 11 is 0. The lowest BCUT2D eigenvalue weighted by atomic mass is 9.80. The van der Waals surface area contributed by atoms with E-state index in [9.17, 15) is 10.4 Å². The highest BCUT2D eigenvalue weighted by atomic mass is 16.3. The minimum atomic E-state index is -0.822. The quantitative estimate of drug-likeness (QED) is 0.554. The first-order valence-corrected chi connectivity index (χ1v) is 14.0. The third-order valence-corrected chi connectivity index (χ3v) is 7.36. The fourth-order valence-corrected chi connectivity index (χ4v) is 5.38. The molecular weight excluding hydrogens is 472 g/mol. The van der Waals surface area contributed by atoms with E-state index in [2.05, 4.69) is 68.1 Å². The number of aliphatic hydroxyl groups excluding tert-OH is 1. The summed E-state index contributed by atoms with van der Waals surface area (Å²) in [5.41, 5.74) is 2.28. The largest absolute Gasteiger partial charge is 0.356 e. The van der Waals surface area contributed by atoms with Crippen molar-refractivity contribution in [1.29, 1.82) is 5.26 Å². The van der Waals surface area contributed by atoms with Crippen LogP contribution >= 0.6 is 0 Å². The van der Waals surface area contributed by atoms with Crippen LogP contribution in [0.4, 0.5) is 0 Å². The summed E-state index contributed by atoms with van der Waals surface area (Å²) in [6.45, 7) is 16.4. The zero-order chi connectivity index (χ0) is 27.9. The molecule has 4 rings (SSSR count). The number of rotatable bonds is 4. The Bertz CT molecular complexity index is 1070. The molecule has 38 heavy (non-hydrogen) atoms. The van der Waals surface area contributed by atoms with Crippen LogP contribution in [0.2, 0.25) is 0 Å². The van der Waals surface area contributed by atoms with Crippen LogP contribution in [0.25, 0.3) is 0 Å². The molecule has 0 aromatic carbocycles. The van der Waals surface area contributed by atoms with Gasteiger partial charge in [-0.25, -0.2) is 4.99 Å². The summed E-state index contributed by atoms with van der Waals surface area (Å²) in [4.78, 5) is 15.2. The molecular formula is C31H46N6O. The molecule has 7 nitrogen and oxygen atoms in total. The molecule has 0 saturated carbocycles. The third-order valence-electron chi connectivity index (χ3n) is 7.36. The number of hydrogen-bond donors (Lipinski definition) is 1. The highest BCUT2D eigenvalue weighted by molar-refractivity contribution is 5.64. The lowest BCUT2D eigenvalue weighted by Gasteiger charge is -2.39. The summed E-state index contributed by atoms with van der Waals surface area (Å²) in [5.74, 6) is 1.65. The van der Waals surface area contributed by atoms with Crippen LogP contribution in [0.1, 0.15) is 48.0 Å². The molecule has 1 N–H and O–H groups in total. The molecule has 3 aliphatic heterocycles. The van der Waals surface area contributed by atoms with E-state index in [0.29, 0.717) is 24.0 Å². The standard InChI is InChI=1S/C29H40N6O.C2H6/c1-21-13-23(15-30)26(14-24(21)17-34-12-9-22-8-10-31-16-25(22)18-34)27-7-6-11-35(19-29(2,3)4)28(36)33(5)20-32-27;1-2/h6-8,10-11,13-14,16,20-22,24-25,28,36H,9,12,17-19H2,1-5H3;1-2H3/b11-6+,27-7-,32-20?;. The second kappa shape index (κ2) is 13.2. The van der Waals surface area contributed by atoms with Crippen molar-refractivity contribution in [3.8, 4) is 6.07 Å². The van der Waals surface area contributed by atoms with E-state index in [-0.39, 0.29) is 17.3 Å². The molecule has 0 radical (unpaired) electrons. The van der Waals surface area contributed by atoms with E-state index < -0.39 is 6.35 Å². The fraction of sp³-hybridized carbons (Fsp3) is 0.581. The summed E-state index contributed by atoms with van der Waals surface area (Å²) < 4.78 is 0. The number of nitrogens with zero attached hydrogens (tertiary/aromatic N) is 6. The van der Waals surface area contributed by atoms with Crippen LogP contribution in [-0.2, 0) is 0 Å². The predicted octanol–water partition coefficient (Wildman–Crippen LogP) is 5.19. The zero-order valence-electron chi connectivity index (χ0n) is 24.2. The van der Waals surface area contributed by atoms with E-state index in [1.54, 1.807) is 11.2 Å². The van der Waals surface area contributed by atoms with Crippen molar-refractivity contribution in [2.24, 2.45) is 39.1 Å². The van der Waals surface area contributed by atoms with Gasteiger partial charge in [-0.3, -0.25) is 4.99 Å². The van der Waals surface area contributed by atoms with Crippen molar-refractivity contribution in [3.05, 3.63) is 59.6 Å². The molecule has 4 aliphatic rings. The first kappa shape index (κ1) is 29.6. The van der Waals surface area contributed by atoms with Gasteiger partial charge in [0, 0.05) is 56.8 Å². The SMILES string of the molecule is CC.CC1C=C(C#N)C(/C2=C/C=C/N(CC(C)(C)C)C(O)N(C)C=N2)=CC1CN1CCC2C=CN=CC2C1. The Kier molecular flexibility index (Phi) is 10.3. The average molecular weight is 519 g/mol. The normalized spacial score (nSPS) is 31.8. The van der Waals surface area contributed by atoms with Gasteiger partial charge in [0.15, 0.2) is 0 Å². The van der Waals surface area contributed by atoms with E-state index in [0.717, 1.165) is 37.3 Å². The topological polar surface area (TPSA) is 78.5 Å². The lowest BCUT2D eigenvalue weighted by Crippen LogP contribution is -2.46. The Morgan fingerprint density at radius 1 is 1.18 bits per heavy atom. The Hall–Kier alpha value is -2.95. The van der Waals surface area contributed by atoms with Crippen molar-refractivity contribution in [2.45, 2.75) is 54.3 Å². The predicted molar refractivity (Wildman–Crippen MR) is 157 cm³/mol. The van der Waals surface area contributed by atoms with Gasteiger partial charge in [0.25, 0.3) is 0 Å². The van der Waals surface area contributed by atoms with Gasteiger partial charge in [-0.2, -0.15) is 5.26 Å². The van der Waals surface area contributed by atoms with Gasteiger partial charge in [-0.05, 0) is 48.3 Å². The second-order valence-corrected chi connectivity index (χ2v) is 11.7. The molecule has 0 aromatic rings. The summed E-state index contributed by atoms with van der Waals surface area (Å²) in [5, 5.41) is 20.8. The number of nitriles is 1. The molecule has 1 aliphatic carbocycles. The molecule has 5 atom stereocenters. The number of likely N-dealkylation sites (tertiary alicyclic amines) is 1. The van der Waals surface area contributed by atoms with Crippen molar-refractivity contribution in [1.82, 2.24) is 14.7 Å². The molecule has 0 amide bonds. The monoisotopic (exact) mass is 518 g/mol. The van der Waals surface area contributed by atoms with Crippen LogP contribution in [-0.4, -0.2) is 71.9 Å². The van der Waals surface area contributed by atoms with Crippen LogP contribution in [0.5, 0.6) is 0 Å². The van der Waals surface area contributed by atoms with Crippen LogP contribution in [0.3, 0.4) is 0 Å². The van der Waals surface area contributed by atoms with Crippen molar-refractivity contribution < 1.29 is 5.11 Å². The van der Waals surface area contributed by atoms with Crippen LogP contribution < -0.4 is 0 Å².